The maximum atomic E-state index is 11.0. The summed E-state index contributed by atoms with van der Waals surface area (Å²) >= 11 is 1.97. The van der Waals surface area contributed by atoms with Crippen LogP contribution in [0.4, 0.5) is 5.69 Å². The highest BCUT2D eigenvalue weighted by Gasteiger charge is 2.15. The Hall–Kier alpha value is -1.64. The number of hydrogen-bond acceptors (Lipinski definition) is 3. The van der Waals surface area contributed by atoms with Crippen molar-refractivity contribution in [3.63, 3.8) is 0 Å². The lowest BCUT2D eigenvalue weighted by Gasteiger charge is -2.07. The Morgan fingerprint density at radius 3 is 2.44 bits per heavy atom. The van der Waals surface area contributed by atoms with Crippen molar-refractivity contribution < 1.29 is 19.5 Å². The van der Waals surface area contributed by atoms with Gasteiger partial charge in [-0.1, -0.05) is 0 Å². The summed E-state index contributed by atoms with van der Waals surface area (Å²) in [6.07, 6.45) is 0. The predicted octanol–water partition coefficient (Wildman–Crippen LogP) is 0.413. The smallest absolute Gasteiger partial charge is 0.394 e. The van der Waals surface area contributed by atoms with Crippen LogP contribution in [0.5, 0.6) is 0 Å². The van der Waals surface area contributed by atoms with Crippen LogP contribution in [0.2, 0.25) is 0 Å². The number of nitrogens with one attached hydrogen (secondary N) is 1. The van der Waals surface area contributed by atoms with E-state index >= 15 is 0 Å². The fourth-order valence-corrected chi connectivity index (χ4v) is 1.50. The molecule has 0 radical (unpaired) electrons. The molecule has 0 saturated carbocycles. The van der Waals surface area contributed by atoms with Crippen molar-refractivity contribution in [3.8, 4) is 0 Å². The van der Waals surface area contributed by atoms with Crippen LogP contribution in [0.25, 0.3) is 0 Å². The molecule has 0 saturated heterocycles. The number of aliphatic carboxylic acids is 1. The zero-order chi connectivity index (χ0) is 12.3. The van der Waals surface area contributed by atoms with Crippen LogP contribution >= 0.6 is 22.6 Å². The van der Waals surface area contributed by atoms with Gasteiger partial charge in [0.1, 0.15) is 0 Å². The average molecular weight is 334 g/mol. The maximum absolute atomic E-state index is 11.0. The molecule has 0 aliphatic rings. The first-order chi connectivity index (χ1) is 7.41. The summed E-state index contributed by atoms with van der Waals surface area (Å²) in [5.41, 5.74) is 5.25. The van der Waals surface area contributed by atoms with E-state index in [1.54, 1.807) is 6.07 Å². The van der Waals surface area contributed by atoms with E-state index in [-0.39, 0.29) is 11.3 Å². The molecule has 0 aliphatic carbocycles. The van der Waals surface area contributed by atoms with Gasteiger partial charge in [0.25, 0.3) is 5.91 Å². The second-order valence-electron chi connectivity index (χ2n) is 2.81. The monoisotopic (exact) mass is 334 g/mol. The van der Waals surface area contributed by atoms with Gasteiger partial charge in [-0.2, -0.15) is 0 Å². The molecule has 6 nitrogen and oxygen atoms in total. The molecule has 7 heteroatoms. The van der Waals surface area contributed by atoms with Crippen LogP contribution in [-0.2, 0) is 9.59 Å². The predicted molar refractivity (Wildman–Crippen MR) is 63.9 cm³/mol. The van der Waals surface area contributed by atoms with E-state index < -0.39 is 17.8 Å². The van der Waals surface area contributed by atoms with Gasteiger partial charge in [-0.25, -0.2) is 4.79 Å². The largest absolute Gasteiger partial charge is 0.474 e. The molecule has 0 atom stereocenters. The van der Waals surface area contributed by atoms with Crippen molar-refractivity contribution in [2.45, 2.75) is 0 Å². The molecular formula is C9H7IN2O4. The topological polar surface area (TPSA) is 109 Å². The van der Waals surface area contributed by atoms with E-state index in [0.717, 1.165) is 3.57 Å². The Morgan fingerprint density at radius 1 is 1.31 bits per heavy atom. The molecule has 0 aromatic heterocycles. The maximum Gasteiger partial charge on any atom is 0.394 e. The van der Waals surface area contributed by atoms with Crippen molar-refractivity contribution in [1.29, 1.82) is 0 Å². The molecule has 16 heavy (non-hydrogen) atoms. The number of hydrogen-bond donors (Lipinski definition) is 3. The van der Waals surface area contributed by atoms with E-state index in [1.165, 1.54) is 12.1 Å². The van der Waals surface area contributed by atoms with Gasteiger partial charge in [-0.15, -0.1) is 0 Å². The lowest BCUT2D eigenvalue weighted by Crippen LogP contribution is -2.24. The second-order valence-corrected chi connectivity index (χ2v) is 4.06. The number of carboxylic acids is 1. The Balaban J connectivity index is 3.09. The number of benzene rings is 1. The Kier molecular flexibility index (Phi) is 3.82. The molecule has 84 valence electrons. The van der Waals surface area contributed by atoms with E-state index in [1.807, 2.05) is 22.6 Å². The van der Waals surface area contributed by atoms with Crippen molar-refractivity contribution in [3.05, 3.63) is 27.3 Å². The summed E-state index contributed by atoms with van der Waals surface area (Å²) < 4.78 is 0.750. The van der Waals surface area contributed by atoms with Gasteiger partial charge in [-0.3, -0.25) is 9.59 Å². The van der Waals surface area contributed by atoms with Gasteiger partial charge >= 0.3 is 11.9 Å². The lowest BCUT2D eigenvalue weighted by molar-refractivity contribution is -0.147. The summed E-state index contributed by atoms with van der Waals surface area (Å²) in [5, 5.41) is 10.5. The van der Waals surface area contributed by atoms with Gasteiger partial charge in [-0.05, 0) is 40.8 Å². The first kappa shape index (κ1) is 12.4. The summed E-state index contributed by atoms with van der Waals surface area (Å²) in [7, 11) is 0. The van der Waals surface area contributed by atoms with Crippen LogP contribution in [0.15, 0.2) is 18.2 Å². The minimum Gasteiger partial charge on any atom is -0.474 e. The van der Waals surface area contributed by atoms with Crippen molar-refractivity contribution in [1.82, 2.24) is 0 Å². The number of halogens is 1. The zero-order valence-corrected chi connectivity index (χ0v) is 10.0. The highest BCUT2D eigenvalue weighted by atomic mass is 127. The lowest BCUT2D eigenvalue weighted by atomic mass is 10.1. The third kappa shape index (κ3) is 2.92. The molecule has 0 bridgehead atoms. The number of anilines is 1. The summed E-state index contributed by atoms with van der Waals surface area (Å²) in [4.78, 5) is 32.3. The summed E-state index contributed by atoms with van der Waals surface area (Å²) in [6.45, 7) is 0. The van der Waals surface area contributed by atoms with Crippen molar-refractivity contribution in [2.75, 3.05) is 5.32 Å². The number of nitrogens with two attached hydrogens (primary N) is 1. The Bertz CT molecular complexity index is 473. The van der Waals surface area contributed by atoms with Crippen molar-refractivity contribution in [2.24, 2.45) is 5.73 Å². The summed E-state index contributed by atoms with van der Waals surface area (Å²) in [6, 6.07) is 4.49. The molecule has 0 heterocycles. The first-order valence-electron chi connectivity index (χ1n) is 4.05. The number of primary amides is 1. The molecular weight excluding hydrogens is 327 g/mol. The SMILES string of the molecule is NC(=O)c1cc(I)ccc1NC(=O)C(=O)O. The number of carbonyl (C=O) groups is 3. The van der Waals surface area contributed by atoms with Gasteiger partial charge < -0.3 is 16.2 Å². The molecule has 0 unspecified atom stereocenters. The molecule has 1 aromatic rings. The Labute approximate surface area is 104 Å². The fraction of sp³-hybridized carbons (Fsp3) is 0. The van der Waals surface area contributed by atoms with E-state index in [0.29, 0.717) is 0 Å². The molecule has 0 fully saturated rings. The van der Waals surface area contributed by atoms with Gasteiger partial charge in [0.2, 0.25) is 0 Å². The average Bonchev–Trinajstić information content (AvgIpc) is 2.20. The van der Waals surface area contributed by atoms with Crippen LogP contribution in [-0.4, -0.2) is 22.9 Å². The zero-order valence-electron chi connectivity index (χ0n) is 7.86. The highest BCUT2D eigenvalue weighted by molar-refractivity contribution is 14.1. The number of amides is 2. The van der Waals surface area contributed by atoms with Crippen LogP contribution < -0.4 is 11.1 Å². The third-order valence-corrected chi connectivity index (χ3v) is 2.36. The number of carboxylic acid groups (broad SMARTS) is 1. The van der Waals surface area contributed by atoms with E-state index in [2.05, 4.69) is 5.32 Å². The van der Waals surface area contributed by atoms with E-state index in [4.69, 9.17) is 10.8 Å². The minimum absolute atomic E-state index is 0.0708. The fourth-order valence-electron chi connectivity index (χ4n) is 1.01. The van der Waals surface area contributed by atoms with Crippen molar-refractivity contribution >= 4 is 46.1 Å². The standard InChI is InChI=1S/C9H7IN2O4/c10-4-1-2-6(5(3-4)7(11)13)12-8(14)9(15)16/h1-3H,(H2,11,13)(H,12,14)(H,15,16). The number of carbonyl (C=O) groups excluding carboxylic acids is 2. The molecule has 4 N–H and O–H groups in total. The second kappa shape index (κ2) is 4.92. The molecule has 0 spiro atoms. The normalized spacial score (nSPS) is 9.56. The van der Waals surface area contributed by atoms with Crippen LogP contribution in [0.1, 0.15) is 10.4 Å². The first-order valence-corrected chi connectivity index (χ1v) is 5.13. The van der Waals surface area contributed by atoms with Crippen LogP contribution in [0.3, 0.4) is 0 Å². The van der Waals surface area contributed by atoms with E-state index in [9.17, 15) is 14.4 Å². The minimum atomic E-state index is -1.63. The highest BCUT2D eigenvalue weighted by Crippen LogP contribution is 2.18. The Morgan fingerprint density at radius 2 is 1.94 bits per heavy atom. The van der Waals surface area contributed by atoms with Gasteiger partial charge in [0.05, 0.1) is 11.3 Å². The quantitative estimate of drug-likeness (QED) is 0.538. The third-order valence-electron chi connectivity index (χ3n) is 1.69. The molecule has 1 rings (SSSR count). The molecule has 2 amide bonds. The number of rotatable bonds is 2. The summed E-state index contributed by atoms with van der Waals surface area (Å²) in [5.74, 6) is -3.59. The molecule has 0 aliphatic heterocycles. The molecule has 1 aromatic carbocycles. The van der Waals surface area contributed by atoms with Gasteiger partial charge in [0, 0.05) is 3.57 Å². The van der Waals surface area contributed by atoms with Gasteiger partial charge in [0.15, 0.2) is 0 Å². The van der Waals surface area contributed by atoms with Crippen LogP contribution in [0, 0.1) is 3.57 Å².